The van der Waals surface area contributed by atoms with E-state index in [1.807, 2.05) is 36.4 Å². The van der Waals surface area contributed by atoms with E-state index in [-0.39, 0.29) is 35.8 Å². The number of hydrogen-bond acceptors (Lipinski definition) is 8. The standard InChI is InChI=1S/C32H33N3O6.ClH/c1-22-28(31(36)40-3)30(26-15-10-16-27(19-26)35(38)39)29(23(2)33-22)32(37)41-18-17-34(20-24-11-6-4-7-12-24)21-25-13-8-5-9-14-25;/h4-16,19,30,33H,17-18,20-21H2,1-3H3;1H. The van der Waals surface area contributed by atoms with E-state index >= 15 is 0 Å². The molecule has 1 atom stereocenters. The van der Waals surface area contributed by atoms with Crippen LogP contribution in [-0.2, 0) is 32.2 Å². The minimum Gasteiger partial charge on any atom is -0.466 e. The molecule has 1 aliphatic rings. The topological polar surface area (TPSA) is 111 Å². The Morgan fingerprint density at radius 1 is 0.857 bits per heavy atom. The highest BCUT2D eigenvalue weighted by molar-refractivity contribution is 5.99. The van der Waals surface area contributed by atoms with Crippen LogP contribution < -0.4 is 5.32 Å². The van der Waals surface area contributed by atoms with E-state index in [4.69, 9.17) is 9.47 Å². The molecule has 0 saturated heterocycles. The molecule has 42 heavy (non-hydrogen) atoms. The van der Waals surface area contributed by atoms with Gasteiger partial charge in [0.15, 0.2) is 0 Å². The molecule has 0 aliphatic carbocycles. The summed E-state index contributed by atoms with van der Waals surface area (Å²) in [5.74, 6) is -2.15. The maximum Gasteiger partial charge on any atom is 0.336 e. The number of benzene rings is 3. The molecule has 0 fully saturated rings. The molecule has 220 valence electrons. The van der Waals surface area contributed by atoms with Crippen molar-refractivity contribution >= 4 is 30.0 Å². The van der Waals surface area contributed by atoms with Crippen LogP contribution in [0.25, 0.3) is 0 Å². The number of hydrogen-bond donors (Lipinski definition) is 1. The van der Waals surface area contributed by atoms with Gasteiger partial charge in [-0.1, -0.05) is 72.8 Å². The molecule has 9 nitrogen and oxygen atoms in total. The van der Waals surface area contributed by atoms with Crippen molar-refractivity contribution in [3.63, 3.8) is 0 Å². The number of methoxy groups -OCH3 is 1. The van der Waals surface area contributed by atoms with Crippen LogP contribution in [-0.4, -0.2) is 42.0 Å². The van der Waals surface area contributed by atoms with E-state index in [9.17, 15) is 19.7 Å². The van der Waals surface area contributed by atoms with E-state index in [0.29, 0.717) is 36.6 Å². The molecule has 0 saturated carbocycles. The predicted octanol–water partition coefficient (Wildman–Crippen LogP) is 5.67. The summed E-state index contributed by atoms with van der Waals surface area (Å²) in [5, 5.41) is 14.6. The third-order valence-corrected chi connectivity index (χ3v) is 6.94. The largest absolute Gasteiger partial charge is 0.466 e. The number of esters is 2. The maximum absolute atomic E-state index is 13.6. The van der Waals surface area contributed by atoms with Crippen molar-refractivity contribution in [3.05, 3.63) is 134 Å². The van der Waals surface area contributed by atoms with Gasteiger partial charge in [-0.3, -0.25) is 15.0 Å². The lowest BCUT2D eigenvalue weighted by molar-refractivity contribution is -0.384. The summed E-state index contributed by atoms with van der Waals surface area (Å²) in [4.78, 5) is 39.7. The molecule has 0 aromatic heterocycles. The summed E-state index contributed by atoms with van der Waals surface area (Å²) in [7, 11) is 1.25. The van der Waals surface area contributed by atoms with Crippen LogP contribution in [0.4, 0.5) is 5.69 Å². The van der Waals surface area contributed by atoms with E-state index in [0.717, 1.165) is 11.1 Å². The van der Waals surface area contributed by atoms with E-state index in [1.165, 1.54) is 25.3 Å². The second-order valence-corrected chi connectivity index (χ2v) is 9.80. The quantitative estimate of drug-likeness (QED) is 0.172. The first-order valence-electron chi connectivity index (χ1n) is 13.3. The van der Waals surface area contributed by atoms with Crippen LogP contribution in [0.2, 0.25) is 0 Å². The van der Waals surface area contributed by atoms with E-state index < -0.39 is 22.8 Å². The molecule has 4 rings (SSSR count). The van der Waals surface area contributed by atoms with E-state index in [2.05, 4.69) is 34.5 Å². The fourth-order valence-corrected chi connectivity index (χ4v) is 5.04. The Labute approximate surface area is 251 Å². The minimum atomic E-state index is -0.902. The highest BCUT2D eigenvalue weighted by Gasteiger charge is 2.38. The molecular weight excluding hydrogens is 558 g/mol. The van der Waals surface area contributed by atoms with Crippen molar-refractivity contribution in [3.8, 4) is 0 Å². The Balaban J connectivity index is 0.00000484. The molecule has 1 aliphatic heterocycles. The third kappa shape index (κ3) is 7.84. The monoisotopic (exact) mass is 591 g/mol. The van der Waals surface area contributed by atoms with Crippen LogP contribution >= 0.6 is 12.4 Å². The highest BCUT2D eigenvalue weighted by atomic mass is 35.5. The first kappa shape index (κ1) is 32.0. The van der Waals surface area contributed by atoms with Crippen LogP contribution in [0.15, 0.2) is 107 Å². The normalized spacial score (nSPS) is 14.6. The highest BCUT2D eigenvalue weighted by Crippen LogP contribution is 2.40. The maximum atomic E-state index is 13.6. The molecular formula is C32H34ClN3O6. The van der Waals surface area contributed by atoms with Gasteiger partial charge in [0, 0.05) is 43.2 Å². The average Bonchev–Trinajstić information content (AvgIpc) is 2.97. The lowest BCUT2D eigenvalue weighted by atomic mass is 9.80. The molecule has 1 N–H and O–H groups in total. The van der Waals surface area contributed by atoms with Crippen molar-refractivity contribution < 1.29 is 24.0 Å². The van der Waals surface area contributed by atoms with Gasteiger partial charge in [0.25, 0.3) is 5.69 Å². The summed E-state index contributed by atoms with van der Waals surface area (Å²) >= 11 is 0. The number of rotatable bonds is 11. The number of dihydropyridines is 1. The van der Waals surface area contributed by atoms with Gasteiger partial charge < -0.3 is 14.8 Å². The number of nitro groups is 1. The zero-order valence-corrected chi connectivity index (χ0v) is 24.6. The fourth-order valence-electron chi connectivity index (χ4n) is 5.04. The first-order chi connectivity index (χ1) is 19.8. The summed E-state index contributed by atoms with van der Waals surface area (Å²) in [6, 6.07) is 26.0. The van der Waals surface area contributed by atoms with Gasteiger partial charge in [0.1, 0.15) is 6.61 Å². The summed E-state index contributed by atoms with van der Waals surface area (Å²) in [5.41, 5.74) is 3.95. The van der Waals surface area contributed by atoms with Gasteiger partial charge in [0.2, 0.25) is 0 Å². The Bertz CT molecular complexity index is 1430. The van der Waals surface area contributed by atoms with Crippen molar-refractivity contribution in [2.45, 2.75) is 32.9 Å². The number of ether oxygens (including phenoxy) is 2. The Hall–Kier alpha value is -4.47. The summed E-state index contributed by atoms with van der Waals surface area (Å²) in [6.45, 7) is 5.33. The van der Waals surface area contributed by atoms with Crippen molar-refractivity contribution in [2.75, 3.05) is 20.3 Å². The number of nitro benzene ring substituents is 1. The fraction of sp³-hybridized carbons (Fsp3) is 0.250. The summed E-state index contributed by atoms with van der Waals surface area (Å²) < 4.78 is 10.8. The van der Waals surface area contributed by atoms with Gasteiger partial charge in [-0.25, -0.2) is 9.59 Å². The number of allylic oxidation sites excluding steroid dienone is 2. The summed E-state index contributed by atoms with van der Waals surface area (Å²) in [6.07, 6.45) is 0. The number of non-ortho nitro benzene ring substituents is 1. The molecule has 3 aromatic carbocycles. The lowest BCUT2D eigenvalue weighted by Crippen LogP contribution is -2.33. The minimum absolute atomic E-state index is 0. The zero-order valence-electron chi connectivity index (χ0n) is 23.7. The van der Waals surface area contributed by atoms with Crippen LogP contribution in [0.3, 0.4) is 0 Å². The Morgan fingerprint density at radius 2 is 1.40 bits per heavy atom. The molecule has 10 heteroatoms. The molecule has 0 radical (unpaired) electrons. The number of carbonyl (C=O) groups excluding carboxylic acids is 2. The number of halogens is 1. The van der Waals surface area contributed by atoms with Crippen LogP contribution in [0.5, 0.6) is 0 Å². The molecule has 1 heterocycles. The Morgan fingerprint density at radius 3 is 1.93 bits per heavy atom. The second-order valence-electron chi connectivity index (χ2n) is 9.80. The van der Waals surface area contributed by atoms with Gasteiger partial charge >= 0.3 is 11.9 Å². The number of carbonyl (C=O) groups is 2. The van der Waals surface area contributed by atoms with Gasteiger partial charge in [-0.2, -0.15) is 0 Å². The third-order valence-electron chi connectivity index (χ3n) is 6.94. The molecule has 0 amide bonds. The van der Waals surface area contributed by atoms with Gasteiger partial charge in [-0.15, -0.1) is 12.4 Å². The lowest BCUT2D eigenvalue weighted by Gasteiger charge is -2.30. The molecule has 0 spiro atoms. The molecule has 0 bridgehead atoms. The molecule has 3 aromatic rings. The van der Waals surface area contributed by atoms with Gasteiger partial charge in [0.05, 0.1) is 29.1 Å². The van der Waals surface area contributed by atoms with Crippen molar-refractivity contribution in [2.24, 2.45) is 0 Å². The van der Waals surface area contributed by atoms with Gasteiger partial charge in [-0.05, 0) is 30.5 Å². The predicted molar refractivity (Wildman–Crippen MR) is 162 cm³/mol. The zero-order chi connectivity index (χ0) is 29.4. The SMILES string of the molecule is COC(=O)C1=C(C)NC(C)=C(C(=O)OCCN(Cc2ccccc2)Cc2ccccc2)C1c1cccc([N+](=O)[O-])c1.Cl. The Kier molecular flexibility index (Phi) is 11.4. The second kappa shape index (κ2) is 15.0. The number of nitrogens with one attached hydrogen (secondary N) is 1. The van der Waals surface area contributed by atoms with Crippen molar-refractivity contribution in [1.29, 1.82) is 0 Å². The average molecular weight is 592 g/mol. The van der Waals surface area contributed by atoms with Crippen molar-refractivity contribution in [1.82, 2.24) is 10.2 Å². The van der Waals surface area contributed by atoms with Crippen LogP contribution in [0, 0.1) is 10.1 Å². The van der Waals surface area contributed by atoms with Crippen LogP contribution in [0.1, 0.15) is 36.5 Å². The first-order valence-corrected chi connectivity index (χ1v) is 13.3. The van der Waals surface area contributed by atoms with E-state index in [1.54, 1.807) is 19.9 Å². The smallest absolute Gasteiger partial charge is 0.336 e. The molecule has 1 unspecified atom stereocenters. The number of nitrogens with zero attached hydrogens (tertiary/aromatic N) is 2.